The van der Waals surface area contributed by atoms with Crippen LogP contribution in [0.3, 0.4) is 0 Å². The standard InChI is InChI=1S/C17H20N2O2S/c1-12(15-11-14(20-2)9-10-16(15)21-3)18-17(22)19-13-7-5-4-6-8-13/h4-12H,1-3H3,(H2,18,19,22)/t12-/m0/s1. The van der Waals surface area contributed by atoms with Crippen LogP contribution in [0.25, 0.3) is 0 Å². The van der Waals surface area contributed by atoms with Gasteiger partial charge in [0.05, 0.1) is 20.3 Å². The van der Waals surface area contributed by atoms with E-state index in [1.807, 2.05) is 55.5 Å². The summed E-state index contributed by atoms with van der Waals surface area (Å²) in [6.07, 6.45) is 0. The minimum Gasteiger partial charge on any atom is -0.497 e. The van der Waals surface area contributed by atoms with Crippen LogP contribution in [0.4, 0.5) is 5.69 Å². The zero-order valence-electron chi connectivity index (χ0n) is 12.9. The zero-order valence-corrected chi connectivity index (χ0v) is 13.7. The van der Waals surface area contributed by atoms with Gasteiger partial charge in [-0.3, -0.25) is 0 Å². The molecule has 0 fully saturated rings. The van der Waals surface area contributed by atoms with Crippen LogP contribution in [0, 0.1) is 0 Å². The number of methoxy groups -OCH3 is 2. The van der Waals surface area contributed by atoms with Crippen molar-refractivity contribution in [3.05, 3.63) is 54.1 Å². The molecule has 0 aromatic heterocycles. The van der Waals surface area contributed by atoms with Gasteiger partial charge in [-0.15, -0.1) is 0 Å². The van der Waals surface area contributed by atoms with E-state index in [-0.39, 0.29) is 6.04 Å². The van der Waals surface area contributed by atoms with Gasteiger partial charge in [0.1, 0.15) is 11.5 Å². The first-order valence-electron chi connectivity index (χ1n) is 6.98. The van der Waals surface area contributed by atoms with Gasteiger partial charge in [-0.1, -0.05) is 18.2 Å². The highest BCUT2D eigenvalue weighted by Crippen LogP contribution is 2.29. The van der Waals surface area contributed by atoms with Crippen LogP contribution in [0.15, 0.2) is 48.5 Å². The number of anilines is 1. The number of benzene rings is 2. The average Bonchev–Trinajstić information content (AvgIpc) is 2.54. The highest BCUT2D eigenvalue weighted by molar-refractivity contribution is 7.80. The van der Waals surface area contributed by atoms with Gasteiger partial charge in [0.25, 0.3) is 0 Å². The van der Waals surface area contributed by atoms with Crippen molar-refractivity contribution in [2.45, 2.75) is 13.0 Å². The quantitative estimate of drug-likeness (QED) is 0.822. The Balaban J connectivity index is 2.08. The Labute approximate surface area is 136 Å². The molecule has 0 aliphatic heterocycles. The van der Waals surface area contributed by atoms with Crippen LogP contribution >= 0.6 is 12.2 Å². The summed E-state index contributed by atoms with van der Waals surface area (Å²) in [5, 5.41) is 6.97. The van der Waals surface area contributed by atoms with Gasteiger partial charge in [-0.2, -0.15) is 0 Å². The van der Waals surface area contributed by atoms with Crippen LogP contribution in [0.2, 0.25) is 0 Å². The zero-order chi connectivity index (χ0) is 15.9. The van der Waals surface area contributed by atoms with Gasteiger partial charge in [-0.25, -0.2) is 0 Å². The molecule has 2 N–H and O–H groups in total. The number of hydrogen-bond acceptors (Lipinski definition) is 3. The van der Waals surface area contributed by atoms with E-state index in [4.69, 9.17) is 21.7 Å². The second-order valence-corrected chi connectivity index (χ2v) is 5.20. The number of para-hydroxylation sites is 1. The van der Waals surface area contributed by atoms with E-state index in [2.05, 4.69) is 10.6 Å². The van der Waals surface area contributed by atoms with Crippen molar-refractivity contribution in [3.63, 3.8) is 0 Å². The minimum absolute atomic E-state index is 0.0197. The number of thiocarbonyl (C=S) groups is 1. The minimum atomic E-state index is -0.0197. The topological polar surface area (TPSA) is 42.5 Å². The molecule has 0 aliphatic rings. The summed E-state index contributed by atoms with van der Waals surface area (Å²) >= 11 is 5.36. The summed E-state index contributed by atoms with van der Waals surface area (Å²) in [6.45, 7) is 2.02. The highest BCUT2D eigenvalue weighted by Gasteiger charge is 2.13. The Bertz CT molecular complexity index is 632. The van der Waals surface area contributed by atoms with Crippen molar-refractivity contribution in [3.8, 4) is 11.5 Å². The van der Waals surface area contributed by atoms with Crippen molar-refractivity contribution < 1.29 is 9.47 Å². The van der Waals surface area contributed by atoms with Crippen molar-refractivity contribution in [1.29, 1.82) is 0 Å². The first-order chi connectivity index (χ1) is 10.6. The summed E-state index contributed by atoms with van der Waals surface area (Å²) < 4.78 is 10.7. The van der Waals surface area contributed by atoms with Crippen LogP contribution in [-0.4, -0.2) is 19.3 Å². The maximum atomic E-state index is 5.41. The molecular formula is C17H20N2O2S. The third kappa shape index (κ3) is 4.11. The second-order valence-electron chi connectivity index (χ2n) is 4.79. The predicted octanol–water partition coefficient (Wildman–Crippen LogP) is 3.75. The lowest BCUT2D eigenvalue weighted by Gasteiger charge is -2.20. The van der Waals surface area contributed by atoms with E-state index < -0.39 is 0 Å². The molecular weight excluding hydrogens is 296 g/mol. The average molecular weight is 316 g/mol. The van der Waals surface area contributed by atoms with E-state index >= 15 is 0 Å². The van der Waals surface area contributed by atoms with Crippen LogP contribution in [0.1, 0.15) is 18.5 Å². The van der Waals surface area contributed by atoms with Crippen molar-refractivity contribution in [1.82, 2.24) is 5.32 Å². The lowest BCUT2D eigenvalue weighted by atomic mass is 10.1. The highest BCUT2D eigenvalue weighted by atomic mass is 32.1. The third-order valence-electron chi connectivity index (χ3n) is 3.28. The fraction of sp³-hybridized carbons (Fsp3) is 0.235. The summed E-state index contributed by atoms with van der Waals surface area (Å²) in [4.78, 5) is 0. The van der Waals surface area contributed by atoms with Crippen molar-refractivity contribution in [2.75, 3.05) is 19.5 Å². The fourth-order valence-electron chi connectivity index (χ4n) is 2.14. The molecule has 2 rings (SSSR count). The number of hydrogen-bond donors (Lipinski definition) is 2. The van der Waals surface area contributed by atoms with Gasteiger partial charge in [-0.05, 0) is 49.5 Å². The maximum Gasteiger partial charge on any atom is 0.171 e. The molecule has 0 aliphatic carbocycles. The molecule has 5 heteroatoms. The van der Waals surface area contributed by atoms with Gasteiger partial charge in [0, 0.05) is 11.3 Å². The Morgan fingerprint density at radius 2 is 1.77 bits per heavy atom. The first kappa shape index (κ1) is 16.1. The maximum absolute atomic E-state index is 5.41. The molecule has 0 radical (unpaired) electrons. The fourth-order valence-corrected chi connectivity index (χ4v) is 2.44. The van der Waals surface area contributed by atoms with Crippen LogP contribution in [0.5, 0.6) is 11.5 Å². The van der Waals surface area contributed by atoms with E-state index in [9.17, 15) is 0 Å². The molecule has 2 aromatic rings. The van der Waals surface area contributed by atoms with E-state index in [0.29, 0.717) is 5.11 Å². The number of rotatable bonds is 5. The number of ether oxygens (including phenoxy) is 2. The summed E-state index contributed by atoms with van der Waals surface area (Å²) in [5.74, 6) is 1.58. The molecule has 1 atom stereocenters. The Morgan fingerprint density at radius 1 is 1.05 bits per heavy atom. The normalized spacial score (nSPS) is 11.4. The third-order valence-corrected chi connectivity index (χ3v) is 3.50. The van der Waals surface area contributed by atoms with E-state index in [1.54, 1.807) is 14.2 Å². The molecule has 0 amide bonds. The molecule has 0 spiro atoms. The summed E-state index contributed by atoms with van der Waals surface area (Å²) in [5.41, 5.74) is 1.93. The molecule has 0 bridgehead atoms. The number of nitrogens with one attached hydrogen (secondary N) is 2. The first-order valence-corrected chi connectivity index (χ1v) is 7.39. The Kier molecular flexibility index (Phi) is 5.61. The second kappa shape index (κ2) is 7.66. The molecule has 0 heterocycles. The molecule has 4 nitrogen and oxygen atoms in total. The van der Waals surface area contributed by atoms with Gasteiger partial charge in [0.15, 0.2) is 5.11 Å². The monoisotopic (exact) mass is 316 g/mol. The molecule has 0 saturated carbocycles. The van der Waals surface area contributed by atoms with Gasteiger partial charge in [0.2, 0.25) is 0 Å². The summed E-state index contributed by atoms with van der Waals surface area (Å²) in [7, 11) is 3.30. The van der Waals surface area contributed by atoms with Crippen LogP contribution in [-0.2, 0) is 0 Å². The lowest BCUT2D eigenvalue weighted by Crippen LogP contribution is -2.31. The predicted molar refractivity (Wildman–Crippen MR) is 93.8 cm³/mol. The van der Waals surface area contributed by atoms with Gasteiger partial charge >= 0.3 is 0 Å². The van der Waals surface area contributed by atoms with Gasteiger partial charge < -0.3 is 20.1 Å². The van der Waals surface area contributed by atoms with Crippen LogP contribution < -0.4 is 20.1 Å². The molecule has 2 aromatic carbocycles. The SMILES string of the molecule is COc1ccc(OC)c([C@H](C)NC(=S)Nc2ccccc2)c1. The lowest BCUT2D eigenvalue weighted by molar-refractivity contribution is 0.395. The smallest absolute Gasteiger partial charge is 0.171 e. The van der Waals surface area contributed by atoms with E-state index in [0.717, 1.165) is 22.7 Å². The molecule has 116 valence electrons. The van der Waals surface area contributed by atoms with E-state index in [1.165, 1.54) is 0 Å². The molecule has 0 saturated heterocycles. The Morgan fingerprint density at radius 3 is 2.41 bits per heavy atom. The van der Waals surface area contributed by atoms with Crippen molar-refractivity contribution in [2.24, 2.45) is 0 Å². The largest absolute Gasteiger partial charge is 0.497 e. The Hall–Kier alpha value is -2.27. The van der Waals surface area contributed by atoms with Crippen molar-refractivity contribution >= 4 is 23.0 Å². The molecule has 0 unspecified atom stereocenters. The summed E-state index contributed by atoms with van der Waals surface area (Å²) in [6, 6.07) is 15.5. The molecule has 22 heavy (non-hydrogen) atoms.